The summed E-state index contributed by atoms with van der Waals surface area (Å²) in [4.78, 5) is 32.8. The number of benzene rings is 2. The highest BCUT2D eigenvalue weighted by atomic mass is 19.1. The highest BCUT2D eigenvalue weighted by Gasteiger charge is 2.40. The van der Waals surface area contributed by atoms with Crippen LogP contribution in [-0.4, -0.2) is 41.9 Å². The average molecular weight is 507 g/mol. The molecule has 2 atom stereocenters. The van der Waals surface area contributed by atoms with Crippen molar-refractivity contribution in [2.45, 2.75) is 63.6 Å². The summed E-state index contributed by atoms with van der Waals surface area (Å²) in [5, 5.41) is 3.00. The van der Waals surface area contributed by atoms with Crippen molar-refractivity contribution in [3.8, 4) is 0 Å². The molecule has 1 unspecified atom stereocenters. The van der Waals surface area contributed by atoms with E-state index in [1.54, 1.807) is 13.2 Å². The van der Waals surface area contributed by atoms with Gasteiger partial charge >= 0.3 is 0 Å². The van der Waals surface area contributed by atoms with Gasteiger partial charge in [0.15, 0.2) is 5.96 Å². The minimum atomic E-state index is -0.632. The van der Waals surface area contributed by atoms with E-state index in [0.717, 1.165) is 16.7 Å². The van der Waals surface area contributed by atoms with Crippen LogP contribution in [0.4, 0.5) is 4.39 Å². The Balaban J connectivity index is 1.66. The molecule has 8 heteroatoms. The van der Waals surface area contributed by atoms with Crippen molar-refractivity contribution >= 4 is 17.8 Å². The molecule has 196 valence electrons. The third-order valence-electron chi connectivity index (χ3n) is 7.61. The summed E-state index contributed by atoms with van der Waals surface area (Å²) < 4.78 is 20.2. The van der Waals surface area contributed by atoms with Gasteiger partial charge < -0.3 is 15.8 Å². The number of amides is 2. The van der Waals surface area contributed by atoms with Crippen LogP contribution in [0.5, 0.6) is 0 Å². The standard InChI is InChI=1S/C29H35FN4O3/c1-5-29(6-2)17-25(35)34(28(31)33-29)24(11-12-37-4)20-14-21(16-22(30)15-20)27(36)32-26-18(3)13-19-9-7-8-10-23(19)26/h7-10,14-16,24,26H,3,5-6,11-13,17H2,1-2,4H3,(H2,31,33)(H,32,36)/t24?,26-/m0/s1. The van der Waals surface area contributed by atoms with E-state index >= 15 is 0 Å². The zero-order valence-corrected chi connectivity index (χ0v) is 21.7. The summed E-state index contributed by atoms with van der Waals surface area (Å²) in [7, 11) is 1.56. The van der Waals surface area contributed by atoms with Crippen molar-refractivity contribution in [1.82, 2.24) is 10.2 Å². The Bertz CT molecular complexity index is 1240. The first-order valence-electron chi connectivity index (χ1n) is 12.7. The van der Waals surface area contributed by atoms with Crippen LogP contribution < -0.4 is 11.1 Å². The number of nitrogens with zero attached hydrogens (tertiary/aromatic N) is 2. The fourth-order valence-corrected chi connectivity index (χ4v) is 5.37. The molecule has 0 aromatic heterocycles. The number of methoxy groups -OCH3 is 1. The van der Waals surface area contributed by atoms with E-state index in [4.69, 9.17) is 15.5 Å². The van der Waals surface area contributed by atoms with Gasteiger partial charge in [0.2, 0.25) is 5.91 Å². The second-order valence-corrected chi connectivity index (χ2v) is 9.85. The number of nitrogens with one attached hydrogen (secondary N) is 1. The van der Waals surface area contributed by atoms with Crippen molar-refractivity contribution in [3.63, 3.8) is 0 Å². The number of fused-ring (bicyclic) bond motifs is 1. The minimum absolute atomic E-state index is 0.107. The Morgan fingerprint density at radius 3 is 2.70 bits per heavy atom. The van der Waals surface area contributed by atoms with Gasteiger partial charge in [0.05, 0.1) is 24.0 Å². The largest absolute Gasteiger partial charge is 0.385 e. The second-order valence-electron chi connectivity index (χ2n) is 9.85. The molecule has 2 amide bonds. The average Bonchev–Trinajstić information content (AvgIpc) is 3.19. The molecule has 0 spiro atoms. The highest BCUT2D eigenvalue weighted by molar-refractivity contribution is 6.00. The number of carbonyl (C=O) groups excluding carboxylic acids is 2. The number of rotatable bonds is 9. The summed E-state index contributed by atoms with van der Waals surface area (Å²) in [6, 6.07) is 11.0. The fourth-order valence-electron chi connectivity index (χ4n) is 5.37. The number of nitrogens with two attached hydrogens (primary N) is 1. The highest BCUT2D eigenvalue weighted by Crippen LogP contribution is 2.36. The molecule has 1 aliphatic carbocycles. The summed E-state index contributed by atoms with van der Waals surface area (Å²) in [5.74, 6) is -1.06. The van der Waals surface area contributed by atoms with E-state index in [1.807, 2.05) is 38.1 Å². The molecule has 0 saturated heterocycles. The van der Waals surface area contributed by atoms with Gasteiger partial charge in [0.1, 0.15) is 5.82 Å². The van der Waals surface area contributed by atoms with Crippen molar-refractivity contribution in [2.24, 2.45) is 10.7 Å². The van der Waals surface area contributed by atoms with E-state index < -0.39 is 23.3 Å². The van der Waals surface area contributed by atoms with Gasteiger partial charge in [-0.25, -0.2) is 9.38 Å². The Morgan fingerprint density at radius 2 is 2.03 bits per heavy atom. The van der Waals surface area contributed by atoms with Crippen LogP contribution >= 0.6 is 0 Å². The quantitative estimate of drug-likeness (QED) is 0.486. The van der Waals surface area contributed by atoms with Crippen LogP contribution in [0, 0.1) is 5.82 Å². The molecule has 2 aliphatic rings. The van der Waals surface area contributed by atoms with Gasteiger partial charge in [-0.3, -0.25) is 14.5 Å². The zero-order valence-electron chi connectivity index (χ0n) is 21.7. The minimum Gasteiger partial charge on any atom is -0.385 e. The van der Waals surface area contributed by atoms with E-state index in [2.05, 4.69) is 11.9 Å². The number of guanidine groups is 1. The third kappa shape index (κ3) is 5.30. The number of hydrogen-bond acceptors (Lipinski definition) is 5. The van der Waals surface area contributed by atoms with Crippen LogP contribution in [0.25, 0.3) is 0 Å². The van der Waals surface area contributed by atoms with E-state index in [0.29, 0.717) is 37.9 Å². The van der Waals surface area contributed by atoms with Gasteiger partial charge in [0.25, 0.3) is 5.91 Å². The van der Waals surface area contributed by atoms with Gasteiger partial charge in [-0.15, -0.1) is 0 Å². The van der Waals surface area contributed by atoms with Crippen LogP contribution in [0.15, 0.2) is 59.6 Å². The third-order valence-corrected chi connectivity index (χ3v) is 7.61. The number of aliphatic imine (C=N–C) groups is 1. The number of carbonyl (C=O) groups is 2. The predicted octanol–water partition coefficient (Wildman–Crippen LogP) is 4.59. The van der Waals surface area contributed by atoms with Crippen LogP contribution in [0.2, 0.25) is 0 Å². The van der Waals surface area contributed by atoms with Gasteiger partial charge in [0, 0.05) is 19.3 Å². The molecule has 2 aromatic rings. The first kappa shape index (κ1) is 26.5. The Kier molecular flexibility index (Phi) is 7.78. The summed E-state index contributed by atoms with van der Waals surface area (Å²) in [5.41, 5.74) is 9.42. The lowest BCUT2D eigenvalue weighted by atomic mass is 9.87. The number of hydrogen-bond donors (Lipinski definition) is 2. The van der Waals surface area contributed by atoms with Crippen molar-refractivity contribution in [1.29, 1.82) is 0 Å². The molecule has 0 saturated carbocycles. The molecule has 4 rings (SSSR count). The first-order valence-corrected chi connectivity index (χ1v) is 12.7. The summed E-state index contributed by atoms with van der Waals surface area (Å²) in [6.07, 6.45) is 2.64. The van der Waals surface area contributed by atoms with Gasteiger partial charge in [-0.05, 0) is 66.1 Å². The maximum atomic E-state index is 14.9. The molecule has 1 heterocycles. The SMILES string of the molecule is C=C1Cc2ccccc2[C@H]1NC(=O)c1cc(F)cc(C(CCOC)N2C(=O)CC(CC)(CC)N=C2N)c1. The molecule has 37 heavy (non-hydrogen) atoms. The van der Waals surface area contributed by atoms with Crippen LogP contribution in [-0.2, 0) is 16.0 Å². The lowest BCUT2D eigenvalue weighted by Crippen LogP contribution is -2.52. The smallest absolute Gasteiger partial charge is 0.252 e. The Morgan fingerprint density at radius 1 is 1.30 bits per heavy atom. The molecule has 0 bridgehead atoms. The molecule has 2 aromatic carbocycles. The van der Waals surface area contributed by atoms with Gasteiger partial charge in [-0.2, -0.15) is 0 Å². The second kappa shape index (κ2) is 10.8. The lowest BCUT2D eigenvalue weighted by Gasteiger charge is -2.40. The fraction of sp³-hybridized carbons (Fsp3) is 0.414. The Hall–Kier alpha value is -3.52. The maximum absolute atomic E-state index is 14.9. The van der Waals surface area contributed by atoms with Crippen molar-refractivity contribution in [2.75, 3.05) is 13.7 Å². The summed E-state index contributed by atoms with van der Waals surface area (Å²) >= 11 is 0. The normalized spacial score (nSPS) is 19.4. The Labute approximate surface area is 217 Å². The molecule has 0 radical (unpaired) electrons. The monoisotopic (exact) mass is 506 g/mol. The van der Waals surface area contributed by atoms with Crippen molar-refractivity contribution in [3.05, 3.63) is 82.7 Å². The predicted molar refractivity (Wildman–Crippen MR) is 142 cm³/mol. The maximum Gasteiger partial charge on any atom is 0.252 e. The number of halogens is 1. The van der Waals surface area contributed by atoms with Crippen LogP contribution in [0.3, 0.4) is 0 Å². The number of ether oxygens (including phenoxy) is 1. The van der Waals surface area contributed by atoms with Gasteiger partial charge in [-0.1, -0.05) is 44.7 Å². The molecular formula is C29H35FN4O3. The molecule has 0 fully saturated rings. The topological polar surface area (TPSA) is 97.0 Å². The lowest BCUT2D eigenvalue weighted by molar-refractivity contribution is -0.131. The molecule has 3 N–H and O–H groups in total. The van der Waals surface area contributed by atoms with E-state index in [-0.39, 0.29) is 29.9 Å². The molecular weight excluding hydrogens is 471 g/mol. The zero-order chi connectivity index (χ0) is 26.7. The molecule has 7 nitrogen and oxygen atoms in total. The van der Waals surface area contributed by atoms with Crippen molar-refractivity contribution < 1.29 is 18.7 Å². The molecule has 1 aliphatic heterocycles. The van der Waals surface area contributed by atoms with E-state index in [9.17, 15) is 14.0 Å². The van der Waals surface area contributed by atoms with E-state index in [1.165, 1.54) is 17.0 Å². The first-order chi connectivity index (χ1) is 17.7. The van der Waals surface area contributed by atoms with Crippen LogP contribution in [0.1, 0.15) is 78.7 Å². The summed E-state index contributed by atoms with van der Waals surface area (Å²) in [6.45, 7) is 8.41.